The van der Waals surface area contributed by atoms with Gasteiger partial charge in [0.05, 0.1) is 5.25 Å². The van der Waals surface area contributed by atoms with Crippen molar-refractivity contribution in [2.75, 3.05) is 5.32 Å². The zero-order chi connectivity index (χ0) is 18.7. The number of aromatic nitrogens is 2. The summed E-state index contributed by atoms with van der Waals surface area (Å²) in [7, 11) is 0. The fourth-order valence-electron chi connectivity index (χ4n) is 3.42. The summed E-state index contributed by atoms with van der Waals surface area (Å²) in [6.45, 7) is 8.33. The first kappa shape index (κ1) is 19.2. The third-order valence-electron chi connectivity index (χ3n) is 4.75. The molecule has 26 heavy (non-hydrogen) atoms. The fourth-order valence-corrected chi connectivity index (χ4v) is 5.39. The minimum absolute atomic E-state index is 0.155. The molecule has 2 heterocycles. The highest BCUT2D eigenvalue weighted by Crippen LogP contribution is 2.33. The standard InChI is InChI=1S/C19H26N4OS2/c1-12-7-5-10-16(11-12)20-18-21-22-19(26-18)25-15(4)17(24)23-13(2)8-6-9-14(23)3/h5,7,10-11,13-15H,6,8-9H2,1-4H3,(H,20,21)/t13-,14-,15-/m0/s1. The van der Waals surface area contributed by atoms with Crippen molar-refractivity contribution in [3.05, 3.63) is 29.8 Å². The third-order valence-corrected chi connectivity index (χ3v) is 6.76. The highest BCUT2D eigenvalue weighted by atomic mass is 32.2. The molecule has 2 aromatic rings. The number of amides is 1. The number of carbonyl (C=O) groups is 1. The maximum atomic E-state index is 12.9. The molecule has 0 unspecified atom stereocenters. The van der Waals surface area contributed by atoms with Crippen molar-refractivity contribution in [3.8, 4) is 0 Å². The van der Waals surface area contributed by atoms with Crippen LogP contribution in [0.3, 0.4) is 0 Å². The third kappa shape index (κ3) is 4.57. The Morgan fingerprint density at radius 1 is 1.31 bits per heavy atom. The Hall–Kier alpha value is -1.60. The van der Waals surface area contributed by atoms with Crippen LogP contribution in [0.25, 0.3) is 0 Å². The van der Waals surface area contributed by atoms with Crippen LogP contribution in [0.1, 0.15) is 45.6 Å². The van der Waals surface area contributed by atoms with Gasteiger partial charge in [-0.3, -0.25) is 4.79 Å². The zero-order valence-electron chi connectivity index (χ0n) is 15.7. The molecule has 0 bridgehead atoms. The van der Waals surface area contributed by atoms with E-state index in [1.54, 1.807) is 0 Å². The van der Waals surface area contributed by atoms with Gasteiger partial charge in [-0.15, -0.1) is 10.2 Å². The van der Waals surface area contributed by atoms with Gasteiger partial charge in [-0.25, -0.2) is 0 Å². The highest BCUT2D eigenvalue weighted by Gasteiger charge is 2.32. The number of piperidine rings is 1. The van der Waals surface area contributed by atoms with E-state index >= 15 is 0 Å². The normalized spacial score (nSPS) is 21.5. The van der Waals surface area contributed by atoms with Gasteiger partial charge in [0, 0.05) is 17.8 Å². The van der Waals surface area contributed by atoms with Crippen molar-refractivity contribution in [2.45, 2.75) is 68.6 Å². The van der Waals surface area contributed by atoms with Gasteiger partial charge in [-0.05, 0) is 64.7 Å². The SMILES string of the molecule is Cc1cccc(Nc2nnc(S[C@@H](C)C(=O)N3[C@@H](C)CCC[C@@H]3C)s2)c1. The lowest BCUT2D eigenvalue weighted by Gasteiger charge is -2.40. The van der Waals surface area contributed by atoms with Crippen LogP contribution in [0.5, 0.6) is 0 Å². The van der Waals surface area contributed by atoms with Crippen LogP contribution < -0.4 is 5.32 Å². The maximum Gasteiger partial charge on any atom is 0.236 e. The molecule has 5 nitrogen and oxygen atoms in total. The molecule has 1 aromatic heterocycles. The van der Waals surface area contributed by atoms with E-state index in [1.807, 2.05) is 19.1 Å². The molecule has 0 saturated carbocycles. The Morgan fingerprint density at radius 3 is 2.73 bits per heavy atom. The van der Waals surface area contributed by atoms with Crippen molar-refractivity contribution < 1.29 is 4.79 Å². The molecular formula is C19H26N4OS2. The van der Waals surface area contributed by atoms with Gasteiger partial charge in [0.15, 0.2) is 4.34 Å². The van der Waals surface area contributed by atoms with Gasteiger partial charge in [-0.1, -0.05) is 35.2 Å². The predicted octanol–water partition coefficient (Wildman–Crippen LogP) is 4.86. The summed E-state index contributed by atoms with van der Waals surface area (Å²) in [5.41, 5.74) is 2.19. The molecule has 1 saturated heterocycles. The first-order valence-corrected chi connectivity index (χ1v) is 10.8. The Bertz CT molecular complexity index is 754. The Labute approximate surface area is 163 Å². The Balaban J connectivity index is 1.62. The maximum absolute atomic E-state index is 12.9. The molecule has 3 rings (SSSR count). The fraction of sp³-hybridized carbons (Fsp3) is 0.526. The number of hydrogen-bond acceptors (Lipinski definition) is 6. The van der Waals surface area contributed by atoms with E-state index in [0.717, 1.165) is 28.0 Å². The van der Waals surface area contributed by atoms with Crippen LogP contribution in [0, 0.1) is 6.92 Å². The monoisotopic (exact) mass is 390 g/mol. The zero-order valence-corrected chi connectivity index (χ0v) is 17.4. The summed E-state index contributed by atoms with van der Waals surface area (Å²) in [6, 6.07) is 8.79. The molecule has 1 aliphatic heterocycles. The number of anilines is 2. The molecule has 0 radical (unpaired) electrons. The topological polar surface area (TPSA) is 58.1 Å². The number of rotatable bonds is 5. The molecule has 1 aromatic carbocycles. The second-order valence-corrected chi connectivity index (χ2v) is 9.57. The minimum atomic E-state index is -0.155. The summed E-state index contributed by atoms with van der Waals surface area (Å²) in [5.74, 6) is 0.207. The molecular weight excluding hydrogens is 364 g/mol. The summed E-state index contributed by atoms with van der Waals surface area (Å²) in [4.78, 5) is 15.0. The van der Waals surface area contributed by atoms with Crippen molar-refractivity contribution >= 4 is 39.8 Å². The molecule has 140 valence electrons. The number of aryl methyl sites for hydroxylation is 1. The van der Waals surface area contributed by atoms with Crippen molar-refractivity contribution in [3.63, 3.8) is 0 Å². The van der Waals surface area contributed by atoms with Gasteiger partial charge in [0.2, 0.25) is 11.0 Å². The molecule has 0 spiro atoms. The summed E-state index contributed by atoms with van der Waals surface area (Å²) in [6.07, 6.45) is 3.39. The average molecular weight is 391 g/mol. The summed E-state index contributed by atoms with van der Waals surface area (Å²) >= 11 is 2.98. The van der Waals surface area contributed by atoms with E-state index in [4.69, 9.17) is 0 Å². The van der Waals surface area contributed by atoms with Gasteiger partial charge in [0.1, 0.15) is 0 Å². The number of likely N-dealkylation sites (tertiary alicyclic amines) is 1. The molecule has 1 N–H and O–H groups in total. The van der Waals surface area contributed by atoms with Gasteiger partial charge >= 0.3 is 0 Å². The number of nitrogens with one attached hydrogen (secondary N) is 1. The van der Waals surface area contributed by atoms with E-state index in [9.17, 15) is 4.79 Å². The predicted molar refractivity (Wildman–Crippen MR) is 109 cm³/mol. The first-order valence-electron chi connectivity index (χ1n) is 9.10. The van der Waals surface area contributed by atoms with Crippen LogP contribution in [0.2, 0.25) is 0 Å². The molecule has 1 aliphatic rings. The number of thioether (sulfide) groups is 1. The van der Waals surface area contributed by atoms with Crippen LogP contribution in [-0.2, 0) is 4.79 Å². The molecule has 1 amide bonds. The van der Waals surface area contributed by atoms with E-state index < -0.39 is 0 Å². The molecule has 7 heteroatoms. The largest absolute Gasteiger partial charge is 0.336 e. The van der Waals surface area contributed by atoms with Crippen LogP contribution in [-0.4, -0.2) is 38.3 Å². The van der Waals surface area contributed by atoms with Crippen LogP contribution >= 0.6 is 23.1 Å². The van der Waals surface area contributed by atoms with Crippen LogP contribution in [0.15, 0.2) is 28.6 Å². The second kappa shape index (κ2) is 8.39. The van der Waals surface area contributed by atoms with Crippen molar-refractivity contribution in [2.24, 2.45) is 0 Å². The first-order chi connectivity index (χ1) is 12.4. The Morgan fingerprint density at radius 2 is 2.04 bits per heavy atom. The van der Waals surface area contributed by atoms with Crippen LogP contribution in [0.4, 0.5) is 10.8 Å². The smallest absolute Gasteiger partial charge is 0.236 e. The highest BCUT2D eigenvalue weighted by molar-refractivity contribution is 8.02. The number of hydrogen-bond donors (Lipinski definition) is 1. The van der Waals surface area contributed by atoms with E-state index in [1.165, 1.54) is 35.1 Å². The lowest BCUT2D eigenvalue weighted by molar-refractivity contribution is -0.136. The minimum Gasteiger partial charge on any atom is -0.336 e. The van der Waals surface area contributed by atoms with Gasteiger partial charge in [-0.2, -0.15) is 0 Å². The van der Waals surface area contributed by atoms with Crippen molar-refractivity contribution in [1.29, 1.82) is 0 Å². The second-order valence-electron chi connectivity index (χ2n) is 7.00. The molecule has 1 fully saturated rings. The van der Waals surface area contributed by atoms with Crippen molar-refractivity contribution in [1.82, 2.24) is 15.1 Å². The summed E-state index contributed by atoms with van der Waals surface area (Å²) < 4.78 is 0.818. The van der Waals surface area contributed by atoms with Gasteiger partial charge in [0.25, 0.3) is 0 Å². The Kier molecular flexibility index (Phi) is 6.19. The lowest BCUT2D eigenvalue weighted by atomic mass is 9.97. The molecule has 3 atom stereocenters. The number of carbonyl (C=O) groups excluding carboxylic acids is 1. The lowest BCUT2D eigenvalue weighted by Crippen LogP contribution is -2.50. The van der Waals surface area contributed by atoms with E-state index in [2.05, 4.69) is 53.3 Å². The quantitative estimate of drug-likeness (QED) is 0.739. The average Bonchev–Trinajstić information content (AvgIpc) is 3.01. The van der Waals surface area contributed by atoms with Gasteiger partial charge < -0.3 is 10.2 Å². The number of nitrogens with zero attached hydrogens (tertiary/aromatic N) is 3. The number of benzene rings is 1. The molecule has 0 aliphatic carbocycles. The summed E-state index contributed by atoms with van der Waals surface area (Å²) in [5, 5.41) is 12.3. The van der Waals surface area contributed by atoms with E-state index in [0.29, 0.717) is 12.1 Å². The van der Waals surface area contributed by atoms with E-state index in [-0.39, 0.29) is 11.2 Å².